The Morgan fingerprint density at radius 3 is 2.45 bits per heavy atom. The van der Waals surface area contributed by atoms with Crippen LogP contribution in [0.15, 0.2) is 41.9 Å². The molecular formula is C15H14O7. The monoisotopic (exact) mass is 306 g/mol. The predicted molar refractivity (Wildman–Crippen MR) is 73.3 cm³/mol. The second-order valence-electron chi connectivity index (χ2n) is 5.26. The Bertz CT molecular complexity index is 691. The second-order valence-corrected chi connectivity index (χ2v) is 5.26. The molecule has 0 bridgehead atoms. The summed E-state index contributed by atoms with van der Waals surface area (Å²) >= 11 is 0. The van der Waals surface area contributed by atoms with Crippen molar-refractivity contribution < 1.29 is 35.1 Å². The minimum absolute atomic E-state index is 0.241. The molecule has 0 aromatic heterocycles. The van der Waals surface area contributed by atoms with Crippen molar-refractivity contribution in [2.45, 2.75) is 18.3 Å². The number of hydrogen-bond acceptors (Lipinski definition) is 7. The molecule has 22 heavy (non-hydrogen) atoms. The maximum absolute atomic E-state index is 12.3. The van der Waals surface area contributed by atoms with E-state index in [4.69, 9.17) is 4.74 Å². The van der Waals surface area contributed by atoms with Crippen LogP contribution in [-0.2, 0) is 9.53 Å². The molecule has 5 N–H and O–H groups in total. The van der Waals surface area contributed by atoms with E-state index < -0.39 is 35.8 Å². The van der Waals surface area contributed by atoms with Gasteiger partial charge in [-0.1, -0.05) is 6.07 Å². The van der Waals surface area contributed by atoms with E-state index in [-0.39, 0.29) is 22.8 Å². The van der Waals surface area contributed by atoms with E-state index in [1.54, 1.807) is 0 Å². The lowest BCUT2D eigenvalue weighted by molar-refractivity contribution is -0.165. The number of ketones is 1. The van der Waals surface area contributed by atoms with Gasteiger partial charge in [-0.2, -0.15) is 0 Å². The fraction of sp³-hybridized carbons (Fsp3) is 0.267. The van der Waals surface area contributed by atoms with Crippen molar-refractivity contribution in [2.24, 2.45) is 5.92 Å². The summed E-state index contributed by atoms with van der Waals surface area (Å²) < 4.78 is 5.59. The van der Waals surface area contributed by atoms with Gasteiger partial charge in [0.05, 0.1) is 6.10 Å². The molecule has 3 rings (SSSR count). The van der Waals surface area contributed by atoms with Gasteiger partial charge in [0.2, 0.25) is 0 Å². The first-order valence-corrected chi connectivity index (χ1v) is 6.59. The van der Waals surface area contributed by atoms with Crippen LogP contribution < -0.4 is 0 Å². The van der Waals surface area contributed by atoms with Crippen molar-refractivity contribution in [3.63, 3.8) is 0 Å². The van der Waals surface area contributed by atoms with Crippen LogP contribution in [0.3, 0.4) is 0 Å². The van der Waals surface area contributed by atoms with Crippen LogP contribution in [0.5, 0.6) is 11.5 Å². The Morgan fingerprint density at radius 2 is 1.77 bits per heavy atom. The third-order valence-corrected chi connectivity index (χ3v) is 3.79. The van der Waals surface area contributed by atoms with Crippen molar-refractivity contribution in [3.8, 4) is 11.5 Å². The molecule has 1 aromatic carbocycles. The summed E-state index contributed by atoms with van der Waals surface area (Å²) in [6, 6.07) is 3.79. The molecule has 0 amide bonds. The van der Waals surface area contributed by atoms with Gasteiger partial charge >= 0.3 is 0 Å². The molecule has 116 valence electrons. The summed E-state index contributed by atoms with van der Waals surface area (Å²) in [5.41, 5.74) is 0.288. The molecular weight excluding hydrogens is 292 g/mol. The fourth-order valence-electron chi connectivity index (χ4n) is 2.70. The number of allylic oxidation sites excluding steroid dienone is 1. The Morgan fingerprint density at radius 1 is 1.05 bits per heavy atom. The van der Waals surface area contributed by atoms with Gasteiger partial charge in [0.15, 0.2) is 17.3 Å². The predicted octanol–water partition coefficient (Wildman–Crippen LogP) is 0.981. The smallest absolute Gasteiger partial charge is 0.177 e. The highest BCUT2D eigenvalue weighted by Gasteiger charge is 2.47. The van der Waals surface area contributed by atoms with Crippen LogP contribution in [0.25, 0.3) is 0 Å². The molecule has 7 nitrogen and oxygen atoms in total. The minimum atomic E-state index is -1.55. The summed E-state index contributed by atoms with van der Waals surface area (Å²) in [7, 11) is 0. The summed E-state index contributed by atoms with van der Waals surface area (Å²) in [4.78, 5) is 12.3. The highest BCUT2D eigenvalue weighted by atomic mass is 16.5. The van der Waals surface area contributed by atoms with E-state index >= 15 is 0 Å². The van der Waals surface area contributed by atoms with E-state index in [1.807, 2.05) is 0 Å². The fourth-order valence-corrected chi connectivity index (χ4v) is 2.70. The van der Waals surface area contributed by atoms with Gasteiger partial charge in [0, 0.05) is 6.08 Å². The summed E-state index contributed by atoms with van der Waals surface area (Å²) in [6.45, 7) is 0. The lowest BCUT2D eigenvalue weighted by atomic mass is 9.82. The number of ether oxygens (including phenoxy) is 1. The lowest BCUT2D eigenvalue weighted by Gasteiger charge is -2.38. The van der Waals surface area contributed by atoms with Crippen molar-refractivity contribution in [3.05, 3.63) is 47.4 Å². The quantitative estimate of drug-likeness (QED) is 0.489. The van der Waals surface area contributed by atoms with Crippen LogP contribution in [0, 0.1) is 5.92 Å². The first kappa shape index (κ1) is 14.4. The van der Waals surface area contributed by atoms with E-state index in [0.29, 0.717) is 0 Å². The first-order chi connectivity index (χ1) is 10.4. The Labute approximate surface area is 125 Å². The zero-order valence-electron chi connectivity index (χ0n) is 11.2. The molecule has 1 aliphatic carbocycles. The maximum Gasteiger partial charge on any atom is 0.177 e. The van der Waals surface area contributed by atoms with Crippen molar-refractivity contribution in [1.29, 1.82) is 0 Å². The molecule has 1 saturated heterocycles. The highest BCUT2D eigenvalue weighted by Crippen LogP contribution is 2.39. The Hall–Kier alpha value is -2.51. The van der Waals surface area contributed by atoms with Crippen LogP contribution >= 0.6 is 0 Å². The minimum Gasteiger partial charge on any atom is -0.511 e. The first-order valence-electron chi connectivity index (χ1n) is 6.59. The Kier molecular flexibility index (Phi) is 3.31. The van der Waals surface area contributed by atoms with Crippen molar-refractivity contribution in [2.75, 3.05) is 0 Å². The number of aliphatic hydroxyl groups is 3. The molecule has 0 spiro atoms. The molecule has 4 atom stereocenters. The number of hydrogen-bond donors (Lipinski definition) is 5. The van der Waals surface area contributed by atoms with Crippen molar-refractivity contribution >= 4 is 5.78 Å². The molecule has 4 unspecified atom stereocenters. The number of rotatable bonds is 1. The number of carbonyl (C=O) groups is 1. The topological polar surface area (TPSA) is 127 Å². The molecule has 1 heterocycles. The number of aromatic hydroxyl groups is 2. The number of aliphatic hydroxyl groups excluding tert-OH is 3. The average molecular weight is 306 g/mol. The van der Waals surface area contributed by atoms with Crippen LogP contribution in [0.4, 0.5) is 0 Å². The zero-order valence-corrected chi connectivity index (χ0v) is 11.2. The molecule has 1 aromatic rings. The van der Waals surface area contributed by atoms with E-state index in [1.165, 1.54) is 24.3 Å². The molecule has 7 heteroatoms. The standard InChI is InChI=1S/C15H14O7/c16-7-4-10(19)12-11(5-7)22-15(14(21)13(12)20)6-1-2-8(17)9(18)3-6/h1-5,11-12,14-19,21H. The Balaban J connectivity index is 1.96. The van der Waals surface area contributed by atoms with Gasteiger partial charge in [-0.3, -0.25) is 4.79 Å². The zero-order chi connectivity index (χ0) is 16.0. The van der Waals surface area contributed by atoms with E-state index in [9.17, 15) is 30.3 Å². The number of phenols is 2. The van der Waals surface area contributed by atoms with Crippen LogP contribution in [-0.4, -0.2) is 43.5 Å². The summed E-state index contributed by atoms with van der Waals surface area (Å²) in [6.07, 6.45) is -1.27. The number of Topliss-reactive ketones (excluding diaryl/α,β-unsaturated/α-hetero) is 1. The normalized spacial score (nSPS) is 31.2. The number of fused-ring (bicyclic) bond motifs is 1. The highest BCUT2D eigenvalue weighted by molar-refractivity contribution is 5.90. The summed E-state index contributed by atoms with van der Waals surface area (Å²) in [5.74, 6) is -3.09. The molecule has 0 radical (unpaired) electrons. The number of benzene rings is 1. The molecule has 1 fully saturated rings. The van der Waals surface area contributed by atoms with Gasteiger partial charge in [-0.05, 0) is 23.8 Å². The van der Waals surface area contributed by atoms with Gasteiger partial charge in [0.1, 0.15) is 29.6 Å². The second kappa shape index (κ2) is 5.04. The van der Waals surface area contributed by atoms with Crippen LogP contribution in [0.2, 0.25) is 0 Å². The third kappa shape index (κ3) is 2.20. The maximum atomic E-state index is 12.3. The van der Waals surface area contributed by atoms with Gasteiger partial charge in [0.25, 0.3) is 0 Å². The molecule has 2 aliphatic rings. The van der Waals surface area contributed by atoms with Gasteiger partial charge < -0.3 is 30.3 Å². The van der Waals surface area contributed by atoms with Gasteiger partial charge in [-0.15, -0.1) is 0 Å². The largest absolute Gasteiger partial charge is 0.511 e. The SMILES string of the molecule is O=C1C(O)C(c2ccc(O)c(O)c2)OC2C=C(O)C=C(O)C12. The van der Waals surface area contributed by atoms with E-state index in [2.05, 4.69) is 0 Å². The molecule has 1 aliphatic heterocycles. The molecule has 0 saturated carbocycles. The van der Waals surface area contributed by atoms with Crippen molar-refractivity contribution in [1.82, 2.24) is 0 Å². The summed E-state index contributed by atoms with van der Waals surface area (Å²) in [5, 5.41) is 48.3. The van der Waals surface area contributed by atoms with E-state index in [0.717, 1.165) is 6.08 Å². The lowest BCUT2D eigenvalue weighted by Crippen LogP contribution is -2.48. The third-order valence-electron chi connectivity index (χ3n) is 3.79. The number of phenolic OH excluding ortho intramolecular Hbond substituents is 2. The number of carbonyl (C=O) groups excluding carboxylic acids is 1. The van der Waals surface area contributed by atoms with Crippen LogP contribution in [0.1, 0.15) is 11.7 Å². The average Bonchev–Trinajstić information content (AvgIpc) is 2.45. The van der Waals surface area contributed by atoms with Gasteiger partial charge in [-0.25, -0.2) is 0 Å².